The highest BCUT2D eigenvalue weighted by Gasteiger charge is 2.30. The Labute approximate surface area is 93.2 Å². The molecule has 0 saturated carbocycles. The maximum Gasteiger partial charge on any atom is 0.0619 e. The first-order valence-corrected chi connectivity index (χ1v) is 6.37. The van der Waals surface area contributed by atoms with Gasteiger partial charge in [-0.05, 0) is 33.1 Å². The number of fused-ring (bicyclic) bond motifs is 2. The molecule has 0 aromatic rings. The minimum Gasteiger partial charge on any atom is -0.380 e. The molecule has 0 aromatic heterocycles. The molecule has 3 heteroatoms. The van der Waals surface area contributed by atoms with Crippen molar-refractivity contribution in [3.63, 3.8) is 0 Å². The highest BCUT2D eigenvalue weighted by molar-refractivity contribution is 4.90. The molecule has 2 aliphatic rings. The van der Waals surface area contributed by atoms with Crippen LogP contribution in [-0.2, 0) is 4.74 Å². The fraction of sp³-hybridized carbons (Fsp3) is 1.00. The van der Waals surface area contributed by atoms with Crippen LogP contribution >= 0.6 is 0 Å². The van der Waals surface area contributed by atoms with Crippen LogP contribution in [0.15, 0.2) is 0 Å². The number of likely N-dealkylation sites (tertiary alicyclic amines) is 1. The first-order valence-electron chi connectivity index (χ1n) is 6.37. The minimum atomic E-state index is 0.575. The standard InChI is InChI=1S/C12H24N2O/c1-3-15-9-10(2)14-7-6-11-4-5-12(8-14)13-11/h10-13H,3-9H2,1-2H3. The van der Waals surface area contributed by atoms with E-state index >= 15 is 0 Å². The van der Waals surface area contributed by atoms with E-state index < -0.39 is 0 Å². The average molecular weight is 212 g/mol. The van der Waals surface area contributed by atoms with Crippen molar-refractivity contribution in [2.75, 3.05) is 26.3 Å². The predicted molar refractivity (Wildman–Crippen MR) is 62.1 cm³/mol. The van der Waals surface area contributed by atoms with Crippen molar-refractivity contribution in [3.8, 4) is 0 Å². The SMILES string of the molecule is CCOCC(C)N1CCC2CCC(C1)N2. The topological polar surface area (TPSA) is 24.5 Å². The van der Waals surface area contributed by atoms with Crippen LogP contribution in [0.1, 0.15) is 33.1 Å². The van der Waals surface area contributed by atoms with Crippen LogP contribution in [-0.4, -0.2) is 49.3 Å². The summed E-state index contributed by atoms with van der Waals surface area (Å²) in [6.45, 7) is 8.52. The van der Waals surface area contributed by atoms with Gasteiger partial charge in [0.15, 0.2) is 0 Å². The average Bonchev–Trinajstić information content (AvgIpc) is 2.55. The molecule has 0 amide bonds. The Hall–Kier alpha value is -0.120. The number of nitrogens with one attached hydrogen (secondary N) is 1. The van der Waals surface area contributed by atoms with Crippen LogP contribution in [0.2, 0.25) is 0 Å². The monoisotopic (exact) mass is 212 g/mol. The number of hydrogen-bond donors (Lipinski definition) is 1. The normalized spacial score (nSPS) is 34.0. The van der Waals surface area contributed by atoms with E-state index in [0.717, 1.165) is 25.3 Å². The molecule has 3 unspecified atom stereocenters. The smallest absolute Gasteiger partial charge is 0.0619 e. The van der Waals surface area contributed by atoms with Crippen molar-refractivity contribution in [2.45, 2.75) is 51.2 Å². The molecule has 3 nitrogen and oxygen atoms in total. The second-order valence-corrected chi connectivity index (χ2v) is 4.93. The Morgan fingerprint density at radius 2 is 2.13 bits per heavy atom. The number of hydrogen-bond acceptors (Lipinski definition) is 3. The van der Waals surface area contributed by atoms with Gasteiger partial charge in [0.05, 0.1) is 6.61 Å². The molecule has 0 aliphatic carbocycles. The maximum absolute atomic E-state index is 5.51. The molecule has 2 saturated heterocycles. The van der Waals surface area contributed by atoms with Crippen molar-refractivity contribution < 1.29 is 4.74 Å². The lowest BCUT2D eigenvalue weighted by Gasteiger charge is -2.30. The van der Waals surface area contributed by atoms with Gasteiger partial charge in [-0.3, -0.25) is 4.90 Å². The first kappa shape index (κ1) is 11.4. The summed E-state index contributed by atoms with van der Waals surface area (Å²) in [5, 5.41) is 3.71. The van der Waals surface area contributed by atoms with E-state index in [9.17, 15) is 0 Å². The molecule has 0 spiro atoms. The van der Waals surface area contributed by atoms with E-state index in [1.165, 1.54) is 32.4 Å². The summed E-state index contributed by atoms with van der Waals surface area (Å²) < 4.78 is 5.51. The fourth-order valence-electron chi connectivity index (χ4n) is 2.76. The van der Waals surface area contributed by atoms with Crippen molar-refractivity contribution in [1.29, 1.82) is 0 Å². The summed E-state index contributed by atoms with van der Waals surface area (Å²) >= 11 is 0. The highest BCUT2D eigenvalue weighted by atomic mass is 16.5. The Balaban J connectivity index is 1.81. The van der Waals surface area contributed by atoms with Crippen molar-refractivity contribution in [1.82, 2.24) is 10.2 Å². The van der Waals surface area contributed by atoms with Gasteiger partial charge in [0, 0.05) is 37.8 Å². The Morgan fingerprint density at radius 3 is 2.93 bits per heavy atom. The second-order valence-electron chi connectivity index (χ2n) is 4.93. The molecule has 2 heterocycles. The third-order valence-corrected chi connectivity index (χ3v) is 3.74. The summed E-state index contributed by atoms with van der Waals surface area (Å²) in [4.78, 5) is 2.59. The van der Waals surface area contributed by atoms with E-state index in [0.29, 0.717) is 6.04 Å². The van der Waals surface area contributed by atoms with Crippen LogP contribution in [0.3, 0.4) is 0 Å². The first-order chi connectivity index (χ1) is 7.29. The van der Waals surface area contributed by atoms with Gasteiger partial charge < -0.3 is 10.1 Å². The summed E-state index contributed by atoms with van der Waals surface area (Å²) in [5.41, 5.74) is 0. The second kappa shape index (κ2) is 5.28. The molecule has 2 bridgehead atoms. The van der Waals surface area contributed by atoms with Gasteiger partial charge in [0.25, 0.3) is 0 Å². The Morgan fingerprint density at radius 1 is 1.33 bits per heavy atom. The Bertz CT molecular complexity index is 198. The molecule has 2 rings (SSSR count). The van der Waals surface area contributed by atoms with Gasteiger partial charge in [-0.15, -0.1) is 0 Å². The largest absolute Gasteiger partial charge is 0.380 e. The molecule has 3 atom stereocenters. The van der Waals surface area contributed by atoms with Crippen LogP contribution in [0.5, 0.6) is 0 Å². The van der Waals surface area contributed by atoms with Gasteiger partial charge in [-0.25, -0.2) is 0 Å². The van der Waals surface area contributed by atoms with Crippen LogP contribution in [0.4, 0.5) is 0 Å². The molecule has 0 radical (unpaired) electrons. The summed E-state index contributed by atoms with van der Waals surface area (Å²) in [7, 11) is 0. The fourth-order valence-corrected chi connectivity index (χ4v) is 2.76. The quantitative estimate of drug-likeness (QED) is 0.759. The number of rotatable bonds is 4. The zero-order chi connectivity index (χ0) is 10.7. The van der Waals surface area contributed by atoms with Crippen molar-refractivity contribution in [3.05, 3.63) is 0 Å². The lowest BCUT2D eigenvalue weighted by molar-refractivity contribution is 0.0711. The van der Waals surface area contributed by atoms with E-state index in [1.807, 2.05) is 0 Å². The van der Waals surface area contributed by atoms with Crippen LogP contribution in [0, 0.1) is 0 Å². The lowest BCUT2D eigenvalue weighted by Crippen LogP contribution is -2.42. The minimum absolute atomic E-state index is 0.575. The molecule has 2 fully saturated rings. The van der Waals surface area contributed by atoms with Gasteiger partial charge in [0.1, 0.15) is 0 Å². The number of ether oxygens (including phenoxy) is 1. The van der Waals surface area contributed by atoms with Crippen molar-refractivity contribution in [2.24, 2.45) is 0 Å². The van der Waals surface area contributed by atoms with Crippen molar-refractivity contribution >= 4 is 0 Å². The van der Waals surface area contributed by atoms with E-state index in [-0.39, 0.29) is 0 Å². The van der Waals surface area contributed by atoms with Crippen LogP contribution in [0.25, 0.3) is 0 Å². The summed E-state index contributed by atoms with van der Waals surface area (Å²) in [6.07, 6.45) is 4.06. The van der Waals surface area contributed by atoms with Gasteiger partial charge in [-0.1, -0.05) is 0 Å². The molecule has 0 aromatic carbocycles. The molecule has 15 heavy (non-hydrogen) atoms. The molecule has 88 valence electrons. The van der Waals surface area contributed by atoms with E-state index in [1.54, 1.807) is 0 Å². The third kappa shape index (κ3) is 2.92. The van der Waals surface area contributed by atoms with Gasteiger partial charge in [-0.2, -0.15) is 0 Å². The molecular weight excluding hydrogens is 188 g/mol. The molecule has 2 aliphatic heterocycles. The maximum atomic E-state index is 5.51. The highest BCUT2D eigenvalue weighted by Crippen LogP contribution is 2.21. The van der Waals surface area contributed by atoms with E-state index in [4.69, 9.17) is 4.74 Å². The zero-order valence-electron chi connectivity index (χ0n) is 10.0. The summed E-state index contributed by atoms with van der Waals surface area (Å²) in [6, 6.07) is 2.10. The van der Waals surface area contributed by atoms with Gasteiger partial charge >= 0.3 is 0 Å². The third-order valence-electron chi connectivity index (χ3n) is 3.74. The van der Waals surface area contributed by atoms with E-state index in [2.05, 4.69) is 24.1 Å². The van der Waals surface area contributed by atoms with Crippen LogP contribution < -0.4 is 5.32 Å². The lowest BCUT2D eigenvalue weighted by atomic mass is 10.1. The zero-order valence-corrected chi connectivity index (χ0v) is 10.0. The van der Waals surface area contributed by atoms with Gasteiger partial charge in [0.2, 0.25) is 0 Å². The predicted octanol–water partition coefficient (Wildman–Crippen LogP) is 1.24. The Kier molecular flexibility index (Phi) is 4.00. The molecule has 1 N–H and O–H groups in total. The summed E-state index contributed by atoms with van der Waals surface area (Å²) in [5.74, 6) is 0. The number of nitrogens with zero attached hydrogens (tertiary/aromatic N) is 1. The molecular formula is C12H24N2O.